The van der Waals surface area contributed by atoms with E-state index in [1.54, 1.807) is 13.3 Å². The summed E-state index contributed by atoms with van der Waals surface area (Å²) in [5, 5.41) is 14.0. The van der Waals surface area contributed by atoms with Gasteiger partial charge in [0.2, 0.25) is 0 Å². The molecule has 5 aromatic rings. The summed E-state index contributed by atoms with van der Waals surface area (Å²) in [7, 11) is 1.62. The number of aryl methyl sites for hydroxylation is 2. The number of fused-ring (bicyclic) bond motifs is 3. The Bertz CT molecular complexity index is 1530. The first kappa shape index (κ1) is 23.3. The molecule has 0 radical (unpaired) electrons. The van der Waals surface area contributed by atoms with E-state index in [-0.39, 0.29) is 0 Å². The lowest BCUT2D eigenvalue weighted by Crippen LogP contribution is -2.03. The van der Waals surface area contributed by atoms with E-state index < -0.39 is 0 Å². The van der Waals surface area contributed by atoms with E-state index in [9.17, 15) is 0 Å². The van der Waals surface area contributed by atoms with E-state index in [1.165, 1.54) is 5.56 Å². The fourth-order valence-electron chi connectivity index (χ4n) is 4.09. The van der Waals surface area contributed by atoms with Crippen LogP contribution in [0.4, 0.5) is 5.95 Å². The van der Waals surface area contributed by atoms with Crippen LogP contribution in [0.3, 0.4) is 0 Å². The number of benzene rings is 3. The molecule has 2 heterocycles. The first-order valence-corrected chi connectivity index (χ1v) is 11.9. The van der Waals surface area contributed by atoms with Crippen LogP contribution in [0, 0.1) is 6.92 Å². The van der Waals surface area contributed by atoms with Gasteiger partial charge in [-0.15, -0.1) is 10.2 Å². The molecule has 0 amide bonds. The quantitative estimate of drug-likeness (QED) is 0.214. The summed E-state index contributed by atoms with van der Waals surface area (Å²) in [6, 6.07) is 22.1. The number of ether oxygens (including phenoxy) is 2. The molecule has 182 valence electrons. The molecule has 1 N–H and O–H groups in total. The highest BCUT2D eigenvalue weighted by atomic mass is 16.5. The zero-order valence-corrected chi connectivity index (χ0v) is 20.6. The monoisotopic (exact) mass is 480 g/mol. The Morgan fingerprint density at radius 2 is 1.83 bits per heavy atom. The predicted molar refractivity (Wildman–Crippen MR) is 143 cm³/mol. The van der Waals surface area contributed by atoms with Gasteiger partial charge in [0.1, 0.15) is 12.1 Å². The summed E-state index contributed by atoms with van der Waals surface area (Å²) in [6.07, 6.45) is 2.67. The Morgan fingerprint density at radius 1 is 1.00 bits per heavy atom. The van der Waals surface area contributed by atoms with Crippen molar-refractivity contribution in [1.29, 1.82) is 0 Å². The average Bonchev–Trinajstić information content (AvgIpc) is 3.22. The second-order valence-electron chi connectivity index (χ2n) is 8.53. The minimum atomic E-state index is 0.337. The zero-order chi connectivity index (χ0) is 24.9. The molecule has 0 aliphatic heterocycles. The van der Waals surface area contributed by atoms with Crippen LogP contribution in [0.1, 0.15) is 30.0 Å². The lowest BCUT2D eigenvalue weighted by atomic mass is 10.2. The van der Waals surface area contributed by atoms with E-state index in [0.29, 0.717) is 24.1 Å². The number of nitrogens with zero attached hydrogens (tertiary/aromatic N) is 5. The molecule has 8 heteroatoms. The number of hydrazone groups is 1. The van der Waals surface area contributed by atoms with Crippen LogP contribution in [0.5, 0.6) is 11.5 Å². The molecule has 36 heavy (non-hydrogen) atoms. The van der Waals surface area contributed by atoms with Crippen LogP contribution in [0.2, 0.25) is 0 Å². The Morgan fingerprint density at radius 3 is 2.64 bits per heavy atom. The van der Waals surface area contributed by atoms with Gasteiger partial charge < -0.3 is 14.0 Å². The van der Waals surface area contributed by atoms with Gasteiger partial charge in [0.05, 0.1) is 18.8 Å². The van der Waals surface area contributed by atoms with Gasteiger partial charge in [-0.2, -0.15) is 10.1 Å². The SMILES string of the molecule is CCCn1c2ccccc2c2nnc(N/N=C/c3ccc(OCc4ccc(C)cc4)c(OC)c3)nc21. The first-order valence-electron chi connectivity index (χ1n) is 11.9. The highest BCUT2D eigenvalue weighted by Crippen LogP contribution is 2.29. The molecular weight excluding hydrogens is 452 g/mol. The molecular formula is C28H28N6O2. The molecule has 0 aliphatic carbocycles. The van der Waals surface area contributed by atoms with Crippen molar-refractivity contribution < 1.29 is 9.47 Å². The molecule has 0 saturated carbocycles. The van der Waals surface area contributed by atoms with Crippen LogP contribution < -0.4 is 14.9 Å². The summed E-state index contributed by atoms with van der Waals surface area (Å²) >= 11 is 0. The third kappa shape index (κ3) is 4.84. The lowest BCUT2D eigenvalue weighted by molar-refractivity contribution is 0.284. The molecule has 2 aromatic heterocycles. The fraction of sp³-hybridized carbons (Fsp3) is 0.214. The fourth-order valence-corrected chi connectivity index (χ4v) is 4.09. The van der Waals surface area contributed by atoms with E-state index in [1.807, 2.05) is 36.4 Å². The van der Waals surface area contributed by atoms with Gasteiger partial charge >= 0.3 is 0 Å². The largest absolute Gasteiger partial charge is 0.493 e. The molecule has 0 atom stereocenters. The summed E-state index contributed by atoms with van der Waals surface area (Å²) in [4.78, 5) is 4.69. The summed E-state index contributed by atoms with van der Waals surface area (Å²) in [5.41, 5.74) is 8.75. The average molecular weight is 481 g/mol. The number of hydrogen-bond donors (Lipinski definition) is 1. The summed E-state index contributed by atoms with van der Waals surface area (Å²) < 4.78 is 13.7. The third-order valence-electron chi connectivity index (χ3n) is 5.90. The number of nitrogens with one attached hydrogen (secondary N) is 1. The Kier molecular flexibility index (Phi) is 6.75. The van der Waals surface area contributed by atoms with Crippen molar-refractivity contribution in [3.8, 4) is 11.5 Å². The van der Waals surface area contributed by atoms with E-state index in [0.717, 1.165) is 46.2 Å². The second kappa shape index (κ2) is 10.4. The van der Waals surface area contributed by atoms with Crippen LogP contribution in [-0.2, 0) is 13.2 Å². The molecule has 0 aliphatic rings. The van der Waals surface area contributed by atoms with Gasteiger partial charge in [0.25, 0.3) is 5.95 Å². The maximum Gasteiger partial charge on any atom is 0.265 e. The van der Waals surface area contributed by atoms with Crippen molar-refractivity contribution in [2.24, 2.45) is 5.10 Å². The van der Waals surface area contributed by atoms with Crippen molar-refractivity contribution in [3.05, 3.63) is 83.4 Å². The Hall–Kier alpha value is -4.46. The Balaban J connectivity index is 1.31. The minimum Gasteiger partial charge on any atom is -0.493 e. The van der Waals surface area contributed by atoms with E-state index >= 15 is 0 Å². The highest BCUT2D eigenvalue weighted by molar-refractivity contribution is 6.04. The predicted octanol–water partition coefficient (Wildman–Crippen LogP) is 5.73. The van der Waals surface area contributed by atoms with Gasteiger partial charge in [-0.1, -0.05) is 55.0 Å². The summed E-state index contributed by atoms with van der Waals surface area (Å²) in [5.74, 6) is 1.64. The summed E-state index contributed by atoms with van der Waals surface area (Å²) in [6.45, 7) is 5.53. The van der Waals surface area contributed by atoms with E-state index in [4.69, 9.17) is 9.47 Å². The van der Waals surface area contributed by atoms with Crippen LogP contribution in [-0.4, -0.2) is 33.1 Å². The number of hydrogen-bond acceptors (Lipinski definition) is 7. The first-order chi connectivity index (χ1) is 17.7. The number of aromatic nitrogens is 4. The van der Waals surface area contributed by atoms with Crippen molar-refractivity contribution in [3.63, 3.8) is 0 Å². The Labute approximate surface area is 209 Å². The van der Waals surface area contributed by atoms with Crippen LogP contribution in [0.25, 0.3) is 22.1 Å². The van der Waals surface area contributed by atoms with E-state index in [2.05, 4.69) is 74.5 Å². The standard InChI is InChI=1S/C28H28N6O2/c1-4-15-34-23-8-6-5-7-22(23)26-27(34)30-28(33-31-26)32-29-17-21-13-14-24(25(16-21)35-3)36-18-20-11-9-19(2)10-12-20/h5-14,16-17H,4,15,18H2,1-3H3,(H,30,32,33)/b29-17+. The lowest BCUT2D eigenvalue weighted by Gasteiger charge is -2.11. The highest BCUT2D eigenvalue weighted by Gasteiger charge is 2.14. The van der Waals surface area contributed by atoms with Crippen LogP contribution >= 0.6 is 0 Å². The molecule has 8 nitrogen and oxygen atoms in total. The van der Waals surface area contributed by atoms with Gasteiger partial charge in [-0.3, -0.25) is 0 Å². The molecule has 0 unspecified atom stereocenters. The van der Waals surface area contributed by atoms with Gasteiger partial charge in [0.15, 0.2) is 17.1 Å². The maximum absolute atomic E-state index is 5.96. The van der Waals surface area contributed by atoms with Crippen molar-refractivity contribution in [2.45, 2.75) is 33.4 Å². The number of rotatable bonds is 9. The van der Waals surface area contributed by atoms with Crippen molar-refractivity contribution in [1.82, 2.24) is 19.7 Å². The maximum atomic E-state index is 5.96. The molecule has 5 rings (SSSR count). The van der Waals surface area contributed by atoms with Gasteiger partial charge in [-0.25, -0.2) is 5.43 Å². The molecule has 3 aromatic carbocycles. The molecule has 0 fully saturated rings. The second-order valence-corrected chi connectivity index (χ2v) is 8.53. The third-order valence-corrected chi connectivity index (χ3v) is 5.90. The smallest absolute Gasteiger partial charge is 0.265 e. The van der Waals surface area contributed by atoms with Crippen molar-refractivity contribution in [2.75, 3.05) is 12.5 Å². The zero-order valence-electron chi connectivity index (χ0n) is 20.6. The minimum absolute atomic E-state index is 0.337. The molecule has 0 spiro atoms. The van der Waals surface area contributed by atoms with Crippen molar-refractivity contribution >= 4 is 34.2 Å². The van der Waals surface area contributed by atoms with Crippen LogP contribution in [0.15, 0.2) is 71.8 Å². The normalized spacial score (nSPS) is 11.4. The number of methoxy groups -OCH3 is 1. The topological polar surface area (TPSA) is 86.5 Å². The molecule has 0 bridgehead atoms. The number of anilines is 1. The van der Waals surface area contributed by atoms with Gasteiger partial charge in [0, 0.05) is 11.9 Å². The number of para-hydroxylation sites is 1. The molecule has 0 saturated heterocycles. The van der Waals surface area contributed by atoms with Gasteiger partial charge in [-0.05, 0) is 48.7 Å².